The molecule has 1 heterocycles. The Bertz CT molecular complexity index is 2780. The number of hydrogen-bond acceptors (Lipinski definition) is 3. The topological polar surface area (TPSA) is 29.3 Å². The molecule has 1 aliphatic rings. The van der Waals surface area contributed by atoms with Crippen molar-refractivity contribution in [3.63, 3.8) is 0 Å². The van der Waals surface area contributed by atoms with Crippen LogP contribution < -0.4 is 4.90 Å². The van der Waals surface area contributed by atoms with Crippen molar-refractivity contribution in [3.8, 4) is 44.8 Å². The number of aromatic nitrogens is 1. The minimum absolute atomic E-state index is 0.0954. The molecule has 0 saturated heterocycles. The molecule has 3 nitrogen and oxygen atoms in total. The molecule has 0 N–H and O–H groups in total. The second-order valence-corrected chi connectivity index (χ2v) is 14.4. The standard InChI is InChI=1S/C50H36N2O/c1-50(2)45-16-10-9-15-42(45)43-29-28-41(32-46(43)50)52(39-24-19-34(20-25-39)33-11-5-3-6-12-33)40-26-21-35(22-27-40)38-18-17-36-23-30-47-48(44(36)31-38)51-49(53-47)37-13-7-4-8-14-37/h3-32H,1-2H3. The zero-order valence-corrected chi connectivity index (χ0v) is 29.6. The zero-order valence-electron chi connectivity index (χ0n) is 29.6. The third-order valence-corrected chi connectivity index (χ3v) is 10.9. The Morgan fingerprint density at radius 3 is 1.72 bits per heavy atom. The maximum Gasteiger partial charge on any atom is 0.227 e. The molecule has 0 amide bonds. The van der Waals surface area contributed by atoms with E-state index in [2.05, 4.69) is 164 Å². The summed E-state index contributed by atoms with van der Waals surface area (Å²) >= 11 is 0. The van der Waals surface area contributed by atoms with Crippen LogP contribution in [0, 0.1) is 0 Å². The van der Waals surface area contributed by atoms with Gasteiger partial charge in [-0.2, -0.15) is 0 Å². The van der Waals surface area contributed by atoms with Gasteiger partial charge in [-0.1, -0.05) is 135 Å². The van der Waals surface area contributed by atoms with E-state index in [1.807, 2.05) is 36.4 Å². The van der Waals surface area contributed by atoms with Crippen molar-refractivity contribution < 1.29 is 4.42 Å². The summed E-state index contributed by atoms with van der Waals surface area (Å²) in [6.45, 7) is 4.68. The highest BCUT2D eigenvalue weighted by atomic mass is 16.3. The summed E-state index contributed by atoms with van der Waals surface area (Å²) in [6, 6.07) is 65.1. The Morgan fingerprint density at radius 1 is 0.453 bits per heavy atom. The van der Waals surface area contributed by atoms with Crippen LogP contribution in [0.15, 0.2) is 186 Å². The average Bonchev–Trinajstić information content (AvgIpc) is 3.76. The van der Waals surface area contributed by atoms with Gasteiger partial charge in [0.2, 0.25) is 5.89 Å². The third kappa shape index (κ3) is 5.24. The van der Waals surface area contributed by atoms with E-state index in [1.54, 1.807) is 0 Å². The molecule has 0 unspecified atom stereocenters. The molecule has 0 atom stereocenters. The Labute approximate surface area is 309 Å². The number of hydrogen-bond donors (Lipinski definition) is 0. The predicted octanol–water partition coefficient (Wildman–Crippen LogP) is 13.8. The Hall–Kier alpha value is -6.71. The molecule has 0 aliphatic heterocycles. The fourth-order valence-electron chi connectivity index (χ4n) is 8.11. The molecule has 252 valence electrons. The van der Waals surface area contributed by atoms with Crippen LogP contribution in [0.4, 0.5) is 17.1 Å². The number of fused-ring (bicyclic) bond motifs is 6. The minimum atomic E-state index is -0.0954. The summed E-state index contributed by atoms with van der Waals surface area (Å²) in [7, 11) is 0. The van der Waals surface area contributed by atoms with Crippen molar-refractivity contribution in [2.45, 2.75) is 19.3 Å². The van der Waals surface area contributed by atoms with Gasteiger partial charge in [0.1, 0.15) is 5.52 Å². The first kappa shape index (κ1) is 31.1. The summed E-state index contributed by atoms with van der Waals surface area (Å²) in [5, 5.41) is 2.22. The van der Waals surface area contributed by atoms with E-state index in [9.17, 15) is 0 Å². The van der Waals surface area contributed by atoms with Crippen LogP contribution in [0.1, 0.15) is 25.0 Å². The molecule has 10 rings (SSSR count). The SMILES string of the molecule is CC1(C)c2ccccc2-c2ccc(N(c3ccc(-c4ccccc4)cc3)c3ccc(-c4ccc5ccc6oc(-c7ccccc7)nc6c5c4)cc3)cc21. The van der Waals surface area contributed by atoms with Crippen LogP contribution in [0.2, 0.25) is 0 Å². The van der Waals surface area contributed by atoms with Crippen molar-refractivity contribution in [1.29, 1.82) is 0 Å². The first-order valence-corrected chi connectivity index (χ1v) is 18.2. The third-order valence-electron chi connectivity index (χ3n) is 10.9. The van der Waals surface area contributed by atoms with Crippen molar-refractivity contribution in [2.24, 2.45) is 0 Å². The number of benzene rings is 8. The molecule has 3 heteroatoms. The Morgan fingerprint density at radius 2 is 1.00 bits per heavy atom. The second kappa shape index (κ2) is 12.2. The molecule has 1 aliphatic carbocycles. The summed E-state index contributed by atoms with van der Waals surface area (Å²) < 4.78 is 6.21. The molecule has 0 bridgehead atoms. The van der Waals surface area contributed by atoms with Gasteiger partial charge in [0, 0.05) is 33.4 Å². The van der Waals surface area contributed by atoms with Crippen molar-refractivity contribution >= 4 is 38.9 Å². The van der Waals surface area contributed by atoms with Crippen LogP contribution in [-0.4, -0.2) is 4.98 Å². The molecule has 0 radical (unpaired) electrons. The van der Waals surface area contributed by atoms with E-state index in [4.69, 9.17) is 9.40 Å². The zero-order chi connectivity index (χ0) is 35.5. The molecule has 0 saturated carbocycles. The minimum Gasteiger partial charge on any atom is -0.436 e. The van der Waals surface area contributed by atoms with Crippen LogP contribution in [0.3, 0.4) is 0 Å². The number of rotatable bonds is 6. The van der Waals surface area contributed by atoms with Crippen LogP contribution in [0.25, 0.3) is 66.7 Å². The summed E-state index contributed by atoms with van der Waals surface area (Å²) in [5.74, 6) is 0.638. The van der Waals surface area contributed by atoms with Gasteiger partial charge in [0.05, 0.1) is 0 Å². The van der Waals surface area contributed by atoms with Gasteiger partial charge in [-0.05, 0) is 111 Å². The van der Waals surface area contributed by atoms with E-state index in [0.717, 1.165) is 55.6 Å². The van der Waals surface area contributed by atoms with E-state index in [1.165, 1.54) is 33.4 Å². The van der Waals surface area contributed by atoms with Gasteiger partial charge in [-0.3, -0.25) is 0 Å². The van der Waals surface area contributed by atoms with E-state index in [0.29, 0.717) is 5.89 Å². The highest BCUT2D eigenvalue weighted by Gasteiger charge is 2.35. The normalized spacial score (nSPS) is 12.9. The number of nitrogens with zero attached hydrogens (tertiary/aromatic N) is 2. The predicted molar refractivity (Wildman–Crippen MR) is 220 cm³/mol. The van der Waals surface area contributed by atoms with Crippen molar-refractivity contribution in [3.05, 3.63) is 193 Å². The highest BCUT2D eigenvalue weighted by Crippen LogP contribution is 2.50. The maximum atomic E-state index is 6.21. The van der Waals surface area contributed by atoms with Crippen LogP contribution >= 0.6 is 0 Å². The lowest BCUT2D eigenvalue weighted by Crippen LogP contribution is -2.16. The lowest BCUT2D eigenvalue weighted by molar-refractivity contribution is 0.620. The molecule has 1 aromatic heterocycles. The molecule has 0 spiro atoms. The Balaban J connectivity index is 1.05. The van der Waals surface area contributed by atoms with E-state index >= 15 is 0 Å². The Kier molecular flexibility index (Phi) is 7.16. The van der Waals surface area contributed by atoms with Crippen LogP contribution in [-0.2, 0) is 5.41 Å². The first-order chi connectivity index (χ1) is 26.0. The molecular weight excluding hydrogens is 645 g/mol. The van der Waals surface area contributed by atoms with Crippen molar-refractivity contribution in [1.82, 2.24) is 4.98 Å². The number of anilines is 3. The van der Waals surface area contributed by atoms with Gasteiger partial charge >= 0.3 is 0 Å². The molecule has 53 heavy (non-hydrogen) atoms. The van der Waals surface area contributed by atoms with Gasteiger partial charge in [-0.15, -0.1) is 0 Å². The van der Waals surface area contributed by atoms with Gasteiger partial charge < -0.3 is 9.32 Å². The highest BCUT2D eigenvalue weighted by molar-refractivity contribution is 6.05. The lowest BCUT2D eigenvalue weighted by atomic mass is 9.82. The monoisotopic (exact) mass is 680 g/mol. The molecular formula is C50H36N2O. The second-order valence-electron chi connectivity index (χ2n) is 14.4. The quantitative estimate of drug-likeness (QED) is 0.175. The molecule has 0 fully saturated rings. The van der Waals surface area contributed by atoms with E-state index < -0.39 is 0 Å². The largest absolute Gasteiger partial charge is 0.436 e. The van der Waals surface area contributed by atoms with Gasteiger partial charge in [0.15, 0.2) is 5.58 Å². The smallest absolute Gasteiger partial charge is 0.227 e. The fraction of sp³-hybridized carbons (Fsp3) is 0.0600. The average molecular weight is 681 g/mol. The summed E-state index contributed by atoms with van der Waals surface area (Å²) in [4.78, 5) is 7.33. The summed E-state index contributed by atoms with van der Waals surface area (Å²) in [5.41, 5.74) is 16.0. The van der Waals surface area contributed by atoms with Gasteiger partial charge in [0.25, 0.3) is 0 Å². The fourth-order valence-corrected chi connectivity index (χ4v) is 8.11. The lowest BCUT2D eigenvalue weighted by Gasteiger charge is -2.28. The first-order valence-electron chi connectivity index (χ1n) is 18.2. The maximum absolute atomic E-state index is 6.21. The van der Waals surface area contributed by atoms with Crippen molar-refractivity contribution in [2.75, 3.05) is 4.90 Å². The molecule has 8 aromatic carbocycles. The molecule has 9 aromatic rings. The van der Waals surface area contributed by atoms with Gasteiger partial charge in [-0.25, -0.2) is 4.98 Å². The number of oxazole rings is 1. The summed E-state index contributed by atoms with van der Waals surface area (Å²) in [6.07, 6.45) is 0. The van der Waals surface area contributed by atoms with E-state index in [-0.39, 0.29) is 5.41 Å². The van der Waals surface area contributed by atoms with Crippen LogP contribution in [0.5, 0.6) is 0 Å².